The summed E-state index contributed by atoms with van der Waals surface area (Å²) in [7, 11) is 0. The zero-order valence-corrected chi connectivity index (χ0v) is 14.9. The molecule has 0 heterocycles. The van der Waals surface area contributed by atoms with E-state index in [1.54, 1.807) is 0 Å². The molecule has 0 aliphatic carbocycles. The maximum atomic E-state index is 12.3. The fourth-order valence-corrected chi connectivity index (χ4v) is 2.41. The monoisotopic (exact) mass is 369 g/mol. The van der Waals surface area contributed by atoms with Crippen molar-refractivity contribution in [3.63, 3.8) is 0 Å². The molecule has 0 aliphatic heterocycles. The molecule has 0 atom stereocenters. The second-order valence-corrected chi connectivity index (χ2v) is 6.28. The van der Waals surface area contributed by atoms with Crippen molar-refractivity contribution in [2.45, 2.75) is 19.8 Å². The largest absolute Gasteiger partial charge is 0.321 e. The number of carbonyl (C=O) groups is 1. The zero-order chi connectivity index (χ0) is 19.3. The highest BCUT2D eigenvalue weighted by molar-refractivity contribution is 6.32. The Morgan fingerprint density at radius 2 is 1.92 bits per heavy atom. The predicted octanol–water partition coefficient (Wildman–Crippen LogP) is 4.92. The summed E-state index contributed by atoms with van der Waals surface area (Å²) < 4.78 is 0. The molecule has 0 spiro atoms. The molecule has 0 saturated heterocycles. The van der Waals surface area contributed by atoms with E-state index in [1.165, 1.54) is 18.2 Å². The van der Waals surface area contributed by atoms with Crippen molar-refractivity contribution in [2.24, 2.45) is 0 Å². The standard InChI is InChI=1S/C19H16ClN3O3/c1-12(2)14-5-3-13(4-6-14)9-15(11-21)19(24)22-16-7-8-17(20)18(10-16)23(25)26/h3-10,12H,1-2H3,(H,22,24)/b15-9+. The molecule has 1 N–H and O–H groups in total. The fraction of sp³-hybridized carbons (Fsp3) is 0.158. The fourth-order valence-electron chi connectivity index (χ4n) is 2.22. The number of rotatable bonds is 5. The lowest BCUT2D eigenvalue weighted by Crippen LogP contribution is -2.13. The van der Waals surface area contributed by atoms with Crippen molar-refractivity contribution in [3.8, 4) is 6.07 Å². The third kappa shape index (κ3) is 4.68. The molecule has 6 nitrogen and oxygen atoms in total. The van der Waals surface area contributed by atoms with Crippen molar-refractivity contribution in [1.82, 2.24) is 0 Å². The minimum Gasteiger partial charge on any atom is -0.321 e. The number of hydrogen-bond acceptors (Lipinski definition) is 4. The van der Waals surface area contributed by atoms with Gasteiger partial charge < -0.3 is 5.32 Å². The van der Waals surface area contributed by atoms with Crippen LogP contribution in [0.2, 0.25) is 5.02 Å². The number of nitrogens with zero attached hydrogens (tertiary/aromatic N) is 2. The first kappa shape index (κ1) is 19.2. The van der Waals surface area contributed by atoms with Gasteiger partial charge in [-0.25, -0.2) is 0 Å². The van der Waals surface area contributed by atoms with E-state index in [1.807, 2.05) is 30.3 Å². The van der Waals surface area contributed by atoms with Gasteiger partial charge in [-0.2, -0.15) is 5.26 Å². The highest BCUT2D eigenvalue weighted by Gasteiger charge is 2.15. The number of nitro groups is 1. The zero-order valence-electron chi connectivity index (χ0n) is 14.2. The number of hydrogen-bond donors (Lipinski definition) is 1. The maximum Gasteiger partial charge on any atom is 0.289 e. The molecule has 7 heteroatoms. The van der Waals surface area contributed by atoms with Crippen molar-refractivity contribution < 1.29 is 9.72 Å². The van der Waals surface area contributed by atoms with E-state index in [0.29, 0.717) is 11.5 Å². The first-order chi connectivity index (χ1) is 12.3. The minimum atomic E-state index is -0.656. The summed E-state index contributed by atoms with van der Waals surface area (Å²) in [6.45, 7) is 4.15. The third-order valence-corrected chi connectivity index (χ3v) is 4.00. The number of anilines is 1. The van der Waals surface area contributed by atoms with Crippen LogP contribution in [0.4, 0.5) is 11.4 Å². The Bertz CT molecular complexity index is 913. The summed E-state index contributed by atoms with van der Waals surface area (Å²) >= 11 is 5.74. The van der Waals surface area contributed by atoms with Gasteiger partial charge in [-0.3, -0.25) is 14.9 Å². The van der Waals surface area contributed by atoms with E-state index in [-0.39, 0.29) is 22.0 Å². The average Bonchev–Trinajstić information content (AvgIpc) is 2.61. The Hall–Kier alpha value is -3.17. The van der Waals surface area contributed by atoms with E-state index >= 15 is 0 Å². The van der Waals surface area contributed by atoms with Crippen LogP contribution >= 0.6 is 11.6 Å². The molecule has 0 fully saturated rings. The molecule has 0 bridgehead atoms. The van der Waals surface area contributed by atoms with Crippen LogP contribution in [0.5, 0.6) is 0 Å². The number of nitro benzene ring substituents is 1. The van der Waals surface area contributed by atoms with Crippen LogP contribution < -0.4 is 5.32 Å². The summed E-state index contributed by atoms with van der Waals surface area (Å²) in [5, 5.41) is 22.6. The van der Waals surface area contributed by atoms with E-state index in [0.717, 1.165) is 11.6 Å². The Morgan fingerprint density at radius 1 is 1.27 bits per heavy atom. The van der Waals surface area contributed by atoms with Crippen LogP contribution in [0.3, 0.4) is 0 Å². The smallest absolute Gasteiger partial charge is 0.289 e. The van der Waals surface area contributed by atoms with Gasteiger partial charge in [0.05, 0.1) is 4.92 Å². The van der Waals surface area contributed by atoms with Gasteiger partial charge in [0.15, 0.2) is 0 Å². The van der Waals surface area contributed by atoms with Gasteiger partial charge in [0, 0.05) is 11.8 Å². The first-order valence-electron chi connectivity index (χ1n) is 7.79. The molecule has 0 unspecified atom stereocenters. The van der Waals surface area contributed by atoms with Crippen LogP contribution in [-0.4, -0.2) is 10.8 Å². The normalized spacial score (nSPS) is 11.1. The number of nitriles is 1. The maximum absolute atomic E-state index is 12.3. The van der Waals surface area contributed by atoms with E-state index in [2.05, 4.69) is 19.2 Å². The summed E-state index contributed by atoms with van der Waals surface area (Å²) in [6, 6.07) is 13.3. The van der Waals surface area contributed by atoms with Gasteiger partial charge in [-0.1, -0.05) is 49.7 Å². The van der Waals surface area contributed by atoms with Gasteiger partial charge in [0.1, 0.15) is 16.7 Å². The van der Waals surface area contributed by atoms with Gasteiger partial charge >= 0.3 is 0 Å². The van der Waals surface area contributed by atoms with Crippen LogP contribution in [0.15, 0.2) is 48.0 Å². The molecule has 2 rings (SSSR count). The Morgan fingerprint density at radius 3 is 2.46 bits per heavy atom. The number of nitrogens with one attached hydrogen (secondary N) is 1. The summed E-state index contributed by atoms with van der Waals surface area (Å²) in [5.41, 5.74) is 1.61. The second-order valence-electron chi connectivity index (χ2n) is 5.87. The lowest BCUT2D eigenvalue weighted by Gasteiger charge is -2.06. The summed E-state index contributed by atoms with van der Waals surface area (Å²) in [5.74, 6) is -0.274. The lowest BCUT2D eigenvalue weighted by molar-refractivity contribution is -0.384. The summed E-state index contributed by atoms with van der Waals surface area (Å²) in [6.07, 6.45) is 1.46. The molecule has 0 saturated carbocycles. The number of amides is 1. The highest BCUT2D eigenvalue weighted by Crippen LogP contribution is 2.27. The van der Waals surface area contributed by atoms with Crippen LogP contribution in [0.25, 0.3) is 6.08 Å². The van der Waals surface area contributed by atoms with Gasteiger partial charge in [-0.05, 0) is 35.3 Å². The molecular formula is C19H16ClN3O3. The van der Waals surface area contributed by atoms with Crippen molar-refractivity contribution >= 4 is 35.0 Å². The van der Waals surface area contributed by atoms with Gasteiger partial charge in [0.25, 0.3) is 11.6 Å². The van der Waals surface area contributed by atoms with Gasteiger partial charge in [-0.15, -0.1) is 0 Å². The van der Waals surface area contributed by atoms with Crippen LogP contribution in [0, 0.1) is 21.4 Å². The third-order valence-electron chi connectivity index (χ3n) is 3.68. The van der Waals surface area contributed by atoms with Gasteiger partial charge in [0.2, 0.25) is 0 Å². The number of carbonyl (C=O) groups excluding carboxylic acids is 1. The Labute approximate surface area is 155 Å². The second kappa shape index (κ2) is 8.28. The first-order valence-corrected chi connectivity index (χ1v) is 8.16. The van der Waals surface area contributed by atoms with Crippen LogP contribution in [-0.2, 0) is 4.79 Å². The Balaban J connectivity index is 2.22. The van der Waals surface area contributed by atoms with Crippen molar-refractivity contribution in [2.75, 3.05) is 5.32 Å². The molecule has 1 amide bonds. The quantitative estimate of drug-likeness (QED) is 0.350. The molecular weight excluding hydrogens is 354 g/mol. The SMILES string of the molecule is CC(C)c1ccc(/C=C(\C#N)C(=O)Nc2ccc(Cl)c([N+](=O)[O-])c2)cc1. The van der Waals surface area contributed by atoms with E-state index in [4.69, 9.17) is 11.6 Å². The molecule has 0 radical (unpaired) electrons. The molecule has 2 aromatic carbocycles. The highest BCUT2D eigenvalue weighted by atomic mass is 35.5. The molecule has 0 aromatic heterocycles. The topological polar surface area (TPSA) is 96.0 Å². The van der Waals surface area contributed by atoms with Crippen LogP contribution in [0.1, 0.15) is 30.9 Å². The molecule has 132 valence electrons. The molecule has 26 heavy (non-hydrogen) atoms. The van der Waals surface area contributed by atoms with E-state index < -0.39 is 10.8 Å². The molecule has 0 aliphatic rings. The number of benzene rings is 2. The van der Waals surface area contributed by atoms with Crippen molar-refractivity contribution in [3.05, 3.63) is 74.3 Å². The van der Waals surface area contributed by atoms with E-state index in [9.17, 15) is 20.2 Å². The summed E-state index contributed by atoms with van der Waals surface area (Å²) in [4.78, 5) is 22.6. The van der Waals surface area contributed by atoms with Crippen molar-refractivity contribution in [1.29, 1.82) is 5.26 Å². The predicted molar refractivity (Wildman–Crippen MR) is 101 cm³/mol. The number of halogens is 1. The minimum absolute atomic E-state index is 0.0331. The lowest BCUT2D eigenvalue weighted by atomic mass is 10.0. The Kier molecular flexibility index (Phi) is 6.10. The average molecular weight is 370 g/mol. The molecule has 2 aromatic rings.